The molecule has 2 N–H and O–H groups in total. The van der Waals surface area contributed by atoms with Gasteiger partial charge in [-0.3, -0.25) is 24.0 Å². The highest BCUT2D eigenvalue weighted by atomic mass is 32.1. The Morgan fingerprint density at radius 3 is 2.45 bits per heavy atom. The molecule has 7 nitrogen and oxygen atoms in total. The number of amides is 3. The minimum atomic E-state index is -0.970. The van der Waals surface area contributed by atoms with Crippen molar-refractivity contribution in [3.8, 4) is 11.3 Å². The Labute approximate surface area is 220 Å². The lowest BCUT2D eigenvalue weighted by molar-refractivity contribution is 0.0643. The zero-order valence-corrected chi connectivity index (χ0v) is 20.9. The van der Waals surface area contributed by atoms with Crippen LogP contribution in [0, 0.1) is 11.6 Å². The van der Waals surface area contributed by atoms with Gasteiger partial charge in [-0.1, -0.05) is 18.2 Å². The molecule has 10 heteroatoms. The second-order valence-corrected chi connectivity index (χ2v) is 10.6. The van der Waals surface area contributed by atoms with Crippen LogP contribution in [0.5, 0.6) is 0 Å². The van der Waals surface area contributed by atoms with Gasteiger partial charge in [0.25, 0.3) is 17.7 Å². The standard InChI is InChI=1S/C28H22F2N4O3S/c29-21-8-7-15(11-22(21)30)10-16(14-33-27(36)17-4-1-2-5-18(17)28(33)37)20-13-32-34-9-3-6-23-19(25(20)34)12-24(38-23)26(31)35/h1-2,4-5,7-8,11-13,16H,3,6,9-10,14H2,(H2,31,35)/t16-/m1/s1. The Morgan fingerprint density at radius 2 is 1.76 bits per heavy atom. The van der Waals surface area contributed by atoms with Crippen LogP contribution in [0.4, 0.5) is 8.78 Å². The highest BCUT2D eigenvalue weighted by Gasteiger charge is 2.38. The van der Waals surface area contributed by atoms with Crippen molar-refractivity contribution < 1.29 is 23.2 Å². The number of hydrogen-bond acceptors (Lipinski definition) is 5. The number of imide groups is 1. The molecule has 6 rings (SSSR count). The summed E-state index contributed by atoms with van der Waals surface area (Å²) >= 11 is 1.35. The molecule has 2 aliphatic rings. The predicted molar refractivity (Wildman–Crippen MR) is 137 cm³/mol. The number of fused-ring (bicyclic) bond motifs is 4. The van der Waals surface area contributed by atoms with E-state index in [9.17, 15) is 23.2 Å². The largest absolute Gasteiger partial charge is 0.365 e. The summed E-state index contributed by atoms with van der Waals surface area (Å²) < 4.78 is 29.7. The number of aryl methyl sites for hydroxylation is 2. The van der Waals surface area contributed by atoms with Crippen LogP contribution in [0.1, 0.15) is 58.7 Å². The lowest BCUT2D eigenvalue weighted by Crippen LogP contribution is -2.34. The maximum atomic E-state index is 14.1. The number of nitrogens with zero attached hydrogens (tertiary/aromatic N) is 3. The maximum Gasteiger partial charge on any atom is 0.261 e. The highest BCUT2D eigenvalue weighted by Crippen LogP contribution is 2.40. The fraction of sp³-hybridized carbons (Fsp3) is 0.214. The number of thiophene rings is 1. The van der Waals surface area contributed by atoms with Crippen molar-refractivity contribution in [1.29, 1.82) is 0 Å². The van der Waals surface area contributed by atoms with Gasteiger partial charge in [0.1, 0.15) is 0 Å². The van der Waals surface area contributed by atoms with Crippen molar-refractivity contribution in [3.05, 3.63) is 98.4 Å². The van der Waals surface area contributed by atoms with Crippen molar-refractivity contribution in [2.75, 3.05) is 6.54 Å². The van der Waals surface area contributed by atoms with E-state index in [2.05, 4.69) is 5.10 Å². The summed E-state index contributed by atoms with van der Waals surface area (Å²) in [6, 6.07) is 12.1. The Hall–Kier alpha value is -4.18. The first-order valence-electron chi connectivity index (χ1n) is 12.2. The van der Waals surface area contributed by atoms with Gasteiger partial charge in [-0.25, -0.2) is 8.78 Å². The van der Waals surface area contributed by atoms with Crippen LogP contribution in [-0.2, 0) is 19.4 Å². The monoisotopic (exact) mass is 532 g/mol. The van der Waals surface area contributed by atoms with Gasteiger partial charge in [-0.2, -0.15) is 5.10 Å². The van der Waals surface area contributed by atoms with E-state index < -0.39 is 35.3 Å². The fourth-order valence-corrected chi connectivity index (χ4v) is 6.39. The van der Waals surface area contributed by atoms with Crippen molar-refractivity contribution >= 4 is 29.1 Å². The molecule has 4 heterocycles. The van der Waals surface area contributed by atoms with E-state index in [1.54, 1.807) is 36.5 Å². The van der Waals surface area contributed by atoms with Crippen molar-refractivity contribution in [3.63, 3.8) is 0 Å². The average molecular weight is 533 g/mol. The molecule has 3 amide bonds. The van der Waals surface area contributed by atoms with Crippen molar-refractivity contribution in [2.24, 2.45) is 5.73 Å². The zero-order chi connectivity index (χ0) is 26.6. The Kier molecular flexibility index (Phi) is 5.91. The van der Waals surface area contributed by atoms with Gasteiger partial charge in [0, 0.05) is 35.0 Å². The summed E-state index contributed by atoms with van der Waals surface area (Å²) in [5, 5.41) is 4.60. The van der Waals surface area contributed by atoms with Gasteiger partial charge in [-0.15, -0.1) is 11.3 Å². The molecule has 2 aromatic heterocycles. The zero-order valence-electron chi connectivity index (χ0n) is 20.1. The van der Waals surface area contributed by atoms with E-state index in [0.29, 0.717) is 28.1 Å². The Bertz CT molecular complexity index is 1590. The number of carbonyl (C=O) groups is 3. The Balaban J connectivity index is 1.45. The van der Waals surface area contributed by atoms with E-state index in [1.807, 2.05) is 4.68 Å². The summed E-state index contributed by atoms with van der Waals surface area (Å²) in [4.78, 5) is 41.0. The van der Waals surface area contributed by atoms with E-state index in [1.165, 1.54) is 22.3 Å². The molecule has 2 aliphatic heterocycles. The third-order valence-corrected chi connectivity index (χ3v) is 8.34. The molecule has 0 fully saturated rings. The molecule has 0 bridgehead atoms. The molecule has 0 saturated heterocycles. The van der Waals surface area contributed by atoms with Gasteiger partial charge in [0.15, 0.2) is 11.6 Å². The van der Waals surface area contributed by atoms with Crippen LogP contribution in [0.15, 0.2) is 54.7 Å². The summed E-state index contributed by atoms with van der Waals surface area (Å²) in [5.74, 6) is -3.71. The molecule has 1 atom stereocenters. The minimum absolute atomic E-state index is 0.0200. The molecule has 0 radical (unpaired) electrons. The molecule has 0 unspecified atom stereocenters. The topological polar surface area (TPSA) is 98.3 Å². The molecular weight excluding hydrogens is 510 g/mol. The lowest BCUT2D eigenvalue weighted by Gasteiger charge is -2.23. The molecule has 192 valence electrons. The van der Waals surface area contributed by atoms with Crippen LogP contribution < -0.4 is 5.73 Å². The van der Waals surface area contributed by atoms with Gasteiger partial charge >= 0.3 is 0 Å². The summed E-state index contributed by atoms with van der Waals surface area (Å²) in [6.45, 7) is 0.666. The number of aromatic nitrogens is 2. The quantitative estimate of drug-likeness (QED) is 0.368. The molecule has 0 saturated carbocycles. The summed E-state index contributed by atoms with van der Waals surface area (Å²) in [6.07, 6.45) is 3.49. The van der Waals surface area contributed by atoms with Crippen LogP contribution in [-0.4, -0.2) is 38.9 Å². The molecule has 4 aromatic rings. The first kappa shape index (κ1) is 24.2. The van der Waals surface area contributed by atoms with Gasteiger partial charge < -0.3 is 5.73 Å². The number of carbonyl (C=O) groups excluding carboxylic acids is 3. The molecule has 2 aromatic carbocycles. The summed E-state index contributed by atoms with van der Waals surface area (Å²) in [7, 11) is 0. The van der Waals surface area contributed by atoms with Crippen LogP contribution in [0.25, 0.3) is 11.3 Å². The molecule has 0 spiro atoms. The van der Waals surface area contributed by atoms with E-state index in [0.717, 1.165) is 46.7 Å². The smallest absolute Gasteiger partial charge is 0.261 e. The Morgan fingerprint density at radius 1 is 1.03 bits per heavy atom. The predicted octanol–water partition coefficient (Wildman–Crippen LogP) is 4.56. The molecule has 38 heavy (non-hydrogen) atoms. The number of nitrogens with two attached hydrogens (primary N) is 1. The number of hydrogen-bond donors (Lipinski definition) is 1. The van der Waals surface area contributed by atoms with Crippen LogP contribution in [0.3, 0.4) is 0 Å². The number of rotatable bonds is 6. The lowest BCUT2D eigenvalue weighted by atomic mass is 9.89. The second kappa shape index (κ2) is 9.29. The van der Waals surface area contributed by atoms with Gasteiger partial charge in [0.05, 0.1) is 27.9 Å². The number of primary amides is 1. The average Bonchev–Trinajstić information content (AvgIpc) is 3.54. The van der Waals surface area contributed by atoms with Gasteiger partial charge in [-0.05, 0) is 55.2 Å². The number of halogens is 2. The molecule has 0 aliphatic carbocycles. The van der Waals surface area contributed by atoms with Crippen molar-refractivity contribution in [1.82, 2.24) is 14.7 Å². The van der Waals surface area contributed by atoms with Crippen LogP contribution in [0.2, 0.25) is 0 Å². The summed E-state index contributed by atoms with van der Waals surface area (Å²) in [5.41, 5.74) is 9.13. The van der Waals surface area contributed by atoms with Crippen molar-refractivity contribution in [2.45, 2.75) is 31.7 Å². The maximum absolute atomic E-state index is 14.1. The third-order valence-electron chi connectivity index (χ3n) is 7.14. The first-order chi connectivity index (χ1) is 18.3. The van der Waals surface area contributed by atoms with E-state index in [4.69, 9.17) is 5.73 Å². The van der Waals surface area contributed by atoms with E-state index >= 15 is 0 Å². The fourth-order valence-electron chi connectivity index (χ4n) is 5.34. The highest BCUT2D eigenvalue weighted by molar-refractivity contribution is 7.14. The van der Waals surface area contributed by atoms with E-state index in [-0.39, 0.29) is 13.0 Å². The van der Waals surface area contributed by atoms with Crippen LogP contribution >= 0.6 is 11.3 Å². The normalized spacial score (nSPS) is 15.2. The first-order valence-corrected chi connectivity index (χ1v) is 13.0. The second-order valence-electron chi connectivity index (χ2n) is 9.50. The van der Waals surface area contributed by atoms with Gasteiger partial charge in [0.2, 0.25) is 0 Å². The minimum Gasteiger partial charge on any atom is -0.365 e. The third kappa shape index (κ3) is 4.01. The number of benzene rings is 2. The molecular formula is C28H22F2N4O3S. The SMILES string of the molecule is NC(=O)c1cc2c(s1)CCCn1ncc([C@H](Cc3ccc(F)c(F)c3)CN3C(=O)c4ccccc4C3=O)c1-2.